The lowest BCUT2D eigenvalue weighted by atomic mass is 10.3. The summed E-state index contributed by atoms with van der Waals surface area (Å²) in [6, 6.07) is 7.28. The Morgan fingerprint density at radius 2 is 1.95 bits per heavy atom. The van der Waals surface area contributed by atoms with E-state index in [-0.39, 0.29) is 6.54 Å². The zero-order valence-electron chi connectivity index (χ0n) is 11.2. The van der Waals surface area contributed by atoms with E-state index >= 15 is 0 Å². The van der Waals surface area contributed by atoms with Crippen LogP contribution in [0.2, 0.25) is 0 Å². The van der Waals surface area contributed by atoms with Crippen LogP contribution in [0, 0.1) is 6.92 Å². The monoisotopic (exact) mass is 328 g/mol. The molecule has 0 saturated carbocycles. The SMILES string of the molecule is CSc1ccc(NS(=O)(=O)c2c(C)csc2CN)cc1. The summed E-state index contributed by atoms with van der Waals surface area (Å²) in [5.74, 6) is 0. The van der Waals surface area contributed by atoms with Crippen LogP contribution < -0.4 is 10.5 Å². The van der Waals surface area contributed by atoms with Gasteiger partial charge in [0.25, 0.3) is 10.0 Å². The van der Waals surface area contributed by atoms with Gasteiger partial charge in [-0.05, 0) is 48.4 Å². The van der Waals surface area contributed by atoms with Crippen LogP contribution in [-0.4, -0.2) is 14.7 Å². The number of rotatable bonds is 5. The molecular weight excluding hydrogens is 312 g/mol. The molecule has 0 saturated heterocycles. The number of sulfonamides is 1. The average Bonchev–Trinajstić information content (AvgIpc) is 2.81. The number of hydrogen-bond acceptors (Lipinski definition) is 5. The number of thiophene rings is 1. The molecule has 0 aliphatic rings. The normalized spacial score (nSPS) is 11.6. The maximum absolute atomic E-state index is 12.5. The van der Waals surface area contributed by atoms with Gasteiger partial charge in [0.05, 0.1) is 0 Å². The molecule has 0 aliphatic carbocycles. The van der Waals surface area contributed by atoms with Gasteiger partial charge in [0, 0.05) is 22.0 Å². The molecule has 1 aromatic carbocycles. The van der Waals surface area contributed by atoms with E-state index in [0.29, 0.717) is 15.5 Å². The minimum Gasteiger partial charge on any atom is -0.326 e. The second-order valence-electron chi connectivity index (χ2n) is 4.21. The molecule has 0 atom stereocenters. The lowest BCUT2D eigenvalue weighted by Crippen LogP contribution is -2.15. The fourth-order valence-corrected chi connectivity index (χ4v) is 5.03. The fourth-order valence-electron chi connectivity index (χ4n) is 1.85. The first-order valence-electron chi connectivity index (χ1n) is 5.92. The predicted octanol–water partition coefficient (Wildman–Crippen LogP) is 3.04. The van der Waals surface area contributed by atoms with Crippen LogP contribution in [-0.2, 0) is 16.6 Å². The highest BCUT2D eigenvalue weighted by molar-refractivity contribution is 7.98. The van der Waals surface area contributed by atoms with E-state index in [1.165, 1.54) is 11.3 Å². The Morgan fingerprint density at radius 3 is 2.50 bits per heavy atom. The molecule has 0 amide bonds. The Balaban J connectivity index is 2.32. The summed E-state index contributed by atoms with van der Waals surface area (Å²) >= 11 is 2.98. The van der Waals surface area contributed by atoms with Crippen molar-refractivity contribution in [1.29, 1.82) is 0 Å². The molecule has 0 bridgehead atoms. The van der Waals surface area contributed by atoms with Crippen molar-refractivity contribution < 1.29 is 8.42 Å². The number of thioether (sulfide) groups is 1. The van der Waals surface area contributed by atoms with Crippen LogP contribution in [0.3, 0.4) is 0 Å². The van der Waals surface area contributed by atoms with Crippen molar-refractivity contribution in [1.82, 2.24) is 0 Å². The Morgan fingerprint density at radius 1 is 1.30 bits per heavy atom. The van der Waals surface area contributed by atoms with Crippen molar-refractivity contribution in [3.8, 4) is 0 Å². The molecule has 108 valence electrons. The van der Waals surface area contributed by atoms with Crippen molar-refractivity contribution in [2.45, 2.75) is 23.3 Å². The van der Waals surface area contributed by atoms with Gasteiger partial charge in [0.2, 0.25) is 0 Å². The van der Waals surface area contributed by atoms with Crippen molar-refractivity contribution in [3.63, 3.8) is 0 Å². The van der Waals surface area contributed by atoms with Crippen LogP contribution in [0.1, 0.15) is 10.4 Å². The molecule has 0 fully saturated rings. The van der Waals surface area contributed by atoms with Gasteiger partial charge in [-0.15, -0.1) is 23.1 Å². The van der Waals surface area contributed by atoms with Crippen LogP contribution in [0.5, 0.6) is 0 Å². The quantitative estimate of drug-likeness (QED) is 0.828. The molecule has 0 aliphatic heterocycles. The van der Waals surface area contributed by atoms with Gasteiger partial charge in [-0.3, -0.25) is 4.72 Å². The molecule has 2 aromatic rings. The van der Waals surface area contributed by atoms with Crippen LogP contribution in [0.4, 0.5) is 5.69 Å². The maximum Gasteiger partial charge on any atom is 0.263 e. The third kappa shape index (κ3) is 3.17. The van der Waals surface area contributed by atoms with Gasteiger partial charge in [0.1, 0.15) is 4.90 Å². The second-order valence-corrected chi connectivity index (χ2v) is 7.67. The topological polar surface area (TPSA) is 72.2 Å². The summed E-state index contributed by atoms with van der Waals surface area (Å²) in [5.41, 5.74) is 6.89. The maximum atomic E-state index is 12.5. The zero-order valence-corrected chi connectivity index (χ0v) is 13.7. The third-order valence-corrected chi connectivity index (χ3v) is 6.40. The van der Waals surface area contributed by atoms with E-state index < -0.39 is 10.0 Å². The highest BCUT2D eigenvalue weighted by Crippen LogP contribution is 2.28. The van der Waals surface area contributed by atoms with Crippen molar-refractivity contribution in [2.75, 3.05) is 11.0 Å². The minimum atomic E-state index is -3.59. The lowest BCUT2D eigenvalue weighted by Gasteiger charge is -2.10. The first-order valence-corrected chi connectivity index (χ1v) is 9.50. The fraction of sp³-hybridized carbons (Fsp3) is 0.231. The third-order valence-electron chi connectivity index (χ3n) is 2.79. The van der Waals surface area contributed by atoms with E-state index in [0.717, 1.165) is 10.5 Å². The summed E-state index contributed by atoms with van der Waals surface area (Å²) in [7, 11) is -3.59. The Bertz CT molecular complexity index is 691. The molecule has 0 unspecified atom stereocenters. The molecule has 1 heterocycles. The van der Waals surface area contributed by atoms with E-state index in [1.54, 1.807) is 30.8 Å². The average molecular weight is 328 g/mol. The molecule has 1 aromatic heterocycles. The second kappa shape index (κ2) is 6.17. The molecule has 7 heteroatoms. The highest BCUT2D eigenvalue weighted by Gasteiger charge is 2.22. The molecule has 0 spiro atoms. The summed E-state index contributed by atoms with van der Waals surface area (Å²) in [5, 5.41) is 1.81. The number of anilines is 1. The first-order chi connectivity index (χ1) is 9.47. The van der Waals surface area contributed by atoms with Crippen molar-refractivity contribution in [2.24, 2.45) is 5.73 Å². The summed E-state index contributed by atoms with van der Waals surface area (Å²) in [4.78, 5) is 2.07. The smallest absolute Gasteiger partial charge is 0.263 e. The molecule has 2 rings (SSSR count). The molecular formula is C13H16N2O2S3. The number of benzene rings is 1. The lowest BCUT2D eigenvalue weighted by molar-refractivity contribution is 0.600. The van der Waals surface area contributed by atoms with E-state index in [4.69, 9.17) is 5.73 Å². The number of hydrogen-bond donors (Lipinski definition) is 2. The van der Waals surface area contributed by atoms with E-state index in [2.05, 4.69) is 4.72 Å². The summed E-state index contributed by atoms with van der Waals surface area (Å²) in [6.45, 7) is 2.00. The Kier molecular flexibility index (Phi) is 4.74. The van der Waals surface area contributed by atoms with Crippen molar-refractivity contribution >= 4 is 38.8 Å². The van der Waals surface area contributed by atoms with Crippen LogP contribution in [0.25, 0.3) is 0 Å². The molecule has 20 heavy (non-hydrogen) atoms. The number of aryl methyl sites for hydroxylation is 1. The van der Waals surface area contributed by atoms with Gasteiger partial charge < -0.3 is 5.73 Å². The largest absolute Gasteiger partial charge is 0.326 e. The molecule has 0 radical (unpaired) electrons. The van der Waals surface area contributed by atoms with E-state index in [9.17, 15) is 8.42 Å². The van der Waals surface area contributed by atoms with Crippen LogP contribution >= 0.6 is 23.1 Å². The van der Waals surface area contributed by atoms with Gasteiger partial charge in [-0.25, -0.2) is 8.42 Å². The van der Waals surface area contributed by atoms with Gasteiger partial charge >= 0.3 is 0 Å². The summed E-state index contributed by atoms with van der Waals surface area (Å²) in [6.07, 6.45) is 1.97. The van der Waals surface area contributed by atoms with Crippen molar-refractivity contribution in [3.05, 3.63) is 40.1 Å². The standard InChI is InChI=1S/C13H16N2O2S3/c1-9-8-19-12(7-14)13(9)20(16,17)15-10-3-5-11(18-2)6-4-10/h3-6,8,15H,7,14H2,1-2H3. The summed E-state index contributed by atoms with van der Waals surface area (Å²) < 4.78 is 27.5. The zero-order chi connectivity index (χ0) is 14.8. The molecule has 4 nitrogen and oxygen atoms in total. The van der Waals surface area contributed by atoms with Gasteiger partial charge in [-0.1, -0.05) is 0 Å². The highest BCUT2D eigenvalue weighted by atomic mass is 32.2. The Labute approximate surface area is 127 Å². The van der Waals surface area contributed by atoms with Crippen LogP contribution in [0.15, 0.2) is 39.4 Å². The predicted molar refractivity (Wildman–Crippen MR) is 86.0 cm³/mol. The molecule has 3 N–H and O–H groups in total. The Hall–Kier alpha value is -1.02. The van der Waals surface area contributed by atoms with Gasteiger partial charge in [-0.2, -0.15) is 0 Å². The number of nitrogens with one attached hydrogen (secondary N) is 1. The van der Waals surface area contributed by atoms with E-state index in [1.807, 2.05) is 23.8 Å². The van der Waals surface area contributed by atoms with Gasteiger partial charge in [0.15, 0.2) is 0 Å². The minimum absolute atomic E-state index is 0.222. The number of nitrogens with two attached hydrogens (primary N) is 1. The first kappa shape index (κ1) is 15.4.